The Hall–Kier alpha value is -0.650. The van der Waals surface area contributed by atoms with Gasteiger partial charge in [0.15, 0.2) is 0 Å². The molecule has 2 rings (SSSR count). The summed E-state index contributed by atoms with van der Waals surface area (Å²) in [5.74, 6) is -0.188. The van der Waals surface area contributed by atoms with Crippen molar-refractivity contribution in [3.8, 4) is 0 Å². The Morgan fingerprint density at radius 3 is 2.53 bits per heavy atom. The van der Waals surface area contributed by atoms with E-state index >= 15 is 0 Å². The molecule has 1 N–H and O–H groups in total. The van der Waals surface area contributed by atoms with Gasteiger partial charge in [-0.15, -0.1) is 0 Å². The quantitative estimate of drug-likeness (QED) is 0.653. The number of aliphatic hydroxyl groups excluding tert-OH is 1. The summed E-state index contributed by atoms with van der Waals surface area (Å²) in [5, 5.41) is 13.6. The van der Waals surface area contributed by atoms with Gasteiger partial charge in [0.2, 0.25) is 0 Å². The average Bonchev–Trinajstić information content (AvgIpc) is 2.84. The molecule has 2 unspecified atom stereocenters. The van der Waals surface area contributed by atoms with E-state index in [9.17, 15) is 9.90 Å². The van der Waals surface area contributed by atoms with Crippen molar-refractivity contribution >= 4 is 5.97 Å². The zero-order chi connectivity index (χ0) is 10.8. The molecule has 2 aliphatic rings. The van der Waals surface area contributed by atoms with E-state index < -0.39 is 6.23 Å². The zero-order valence-corrected chi connectivity index (χ0v) is 9.06. The van der Waals surface area contributed by atoms with E-state index in [-0.39, 0.29) is 12.0 Å². The fourth-order valence-corrected chi connectivity index (χ4v) is 2.47. The molecule has 0 radical (unpaired) electrons. The Morgan fingerprint density at radius 1 is 1.27 bits per heavy atom. The van der Waals surface area contributed by atoms with Gasteiger partial charge in [0.05, 0.1) is 7.11 Å². The van der Waals surface area contributed by atoms with E-state index in [1.807, 2.05) is 10.0 Å². The van der Waals surface area contributed by atoms with Crippen LogP contribution in [0.25, 0.3) is 0 Å². The van der Waals surface area contributed by atoms with Crippen LogP contribution in [0.3, 0.4) is 0 Å². The van der Waals surface area contributed by atoms with Crippen molar-refractivity contribution in [2.45, 2.75) is 38.0 Å². The van der Waals surface area contributed by atoms with Gasteiger partial charge < -0.3 is 9.84 Å². The van der Waals surface area contributed by atoms with Gasteiger partial charge in [-0.2, -0.15) is 0 Å². The molecule has 0 aromatic rings. The molecule has 86 valence electrons. The third kappa shape index (κ3) is 2.00. The molecule has 2 fully saturated rings. The molecule has 2 saturated heterocycles. The van der Waals surface area contributed by atoms with Crippen molar-refractivity contribution in [1.82, 2.24) is 10.0 Å². The van der Waals surface area contributed by atoms with Crippen LogP contribution in [0, 0.1) is 0 Å². The largest absolute Gasteiger partial charge is 0.468 e. The summed E-state index contributed by atoms with van der Waals surface area (Å²) in [5.41, 5.74) is 0. The molecular weight excluding hydrogens is 196 g/mol. The third-order valence-electron chi connectivity index (χ3n) is 3.22. The molecular formula is C10H18N2O3. The van der Waals surface area contributed by atoms with Gasteiger partial charge in [0, 0.05) is 13.1 Å². The Kier molecular flexibility index (Phi) is 3.23. The Labute approximate surface area is 89.6 Å². The zero-order valence-electron chi connectivity index (χ0n) is 9.06. The fraction of sp³-hybridized carbons (Fsp3) is 0.900. The molecule has 2 heterocycles. The molecule has 5 nitrogen and oxygen atoms in total. The second-order valence-corrected chi connectivity index (χ2v) is 4.13. The van der Waals surface area contributed by atoms with Crippen LogP contribution in [-0.2, 0) is 9.53 Å². The highest BCUT2D eigenvalue weighted by atomic mass is 16.5. The van der Waals surface area contributed by atoms with E-state index in [4.69, 9.17) is 4.74 Å². The van der Waals surface area contributed by atoms with Crippen molar-refractivity contribution < 1.29 is 14.6 Å². The molecule has 0 aliphatic carbocycles. The first-order valence-corrected chi connectivity index (χ1v) is 5.53. The average molecular weight is 214 g/mol. The van der Waals surface area contributed by atoms with Crippen LogP contribution in [0.4, 0.5) is 0 Å². The minimum absolute atomic E-state index is 0.188. The predicted molar refractivity (Wildman–Crippen MR) is 53.7 cm³/mol. The van der Waals surface area contributed by atoms with Gasteiger partial charge in [-0.3, -0.25) is 4.79 Å². The van der Waals surface area contributed by atoms with Gasteiger partial charge in [-0.05, 0) is 25.7 Å². The summed E-state index contributed by atoms with van der Waals surface area (Å²) >= 11 is 0. The minimum atomic E-state index is -0.421. The monoisotopic (exact) mass is 214 g/mol. The van der Waals surface area contributed by atoms with Crippen LogP contribution in [0.15, 0.2) is 0 Å². The summed E-state index contributed by atoms with van der Waals surface area (Å²) in [6, 6.07) is -0.192. The third-order valence-corrected chi connectivity index (χ3v) is 3.22. The molecule has 2 atom stereocenters. The Morgan fingerprint density at radius 2 is 1.93 bits per heavy atom. The summed E-state index contributed by atoms with van der Waals surface area (Å²) in [7, 11) is 1.42. The summed E-state index contributed by atoms with van der Waals surface area (Å²) in [4.78, 5) is 11.5. The summed E-state index contributed by atoms with van der Waals surface area (Å²) < 4.78 is 4.77. The maximum absolute atomic E-state index is 11.5. The second kappa shape index (κ2) is 4.47. The smallest absolute Gasteiger partial charge is 0.324 e. The Balaban J connectivity index is 2.04. The SMILES string of the molecule is COC(=O)C1CCCN1N1CCCC1O. The Bertz CT molecular complexity index is 247. The molecule has 0 amide bonds. The second-order valence-electron chi connectivity index (χ2n) is 4.13. The highest BCUT2D eigenvalue weighted by Gasteiger charge is 2.39. The number of carbonyl (C=O) groups is 1. The number of hydrazine groups is 1. The van der Waals surface area contributed by atoms with E-state index in [2.05, 4.69) is 0 Å². The fourth-order valence-electron chi connectivity index (χ4n) is 2.47. The summed E-state index contributed by atoms with van der Waals surface area (Å²) in [6.45, 7) is 1.69. The van der Waals surface area contributed by atoms with Crippen molar-refractivity contribution in [2.75, 3.05) is 20.2 Å². The number of carbonyl (C=O) groups excluding carboxylic acids is 1. The predicted octanol–water partition coefficient (Wildman–Crippen LogP) is -0.0470. The van der Waals surface area contributed by atoms with Crippen LogP contribution in [-0.4, -0.2) is 53.6 Å². The normalized spacial score (nSPS) is 33.5. The highest BCUT2D eigenvalue weighted by molar-refractivity contribution is 5.75. The van der Waals surface area contributed by atoms with Gasteiger partial charge >= 0.3 is 5.97 Å². The molecule has 0 aromatic heterocycles. The lowest BCUT2D eigenvalue weighted by molar-refractivity contribution is -0.163. The summed E-state index contributed by atoms with van der Waals surface area (Å²) in [6.07, 6.45) is 3.18. The molecule has 0 saturated carbocycles. The number of hydrogen-bond donors (Lipinski definition) is 1. The van der Waals surface area contributed by atoms with Crippen molar-refractivity contribution in [3.05, 3.63) is 0 Å². The molecule has 2 aliphatic heterocycles. The number of hydrogen-bond acceptors (Lipinski definition) is 5. The first-order valence-electron chi connectivity index (χ1n) is 5.53. The maximum atomic E-state index is 11.5. The lowest BCUT2D eigenvalue weighted by atomic mass is 10.2. The van der Waals surface area contributed by atoms with Crippen LogP contribution < -0.4 is 0 Å². The number of nitrogens with zero attached hydrogens (tertiary/aromatic N) is 2. The number of esters is 1. The van der Waals surface area contributed by atoms with E-state index in [0.717, 1.165) is 38.8 Å². The minimum Gasteiger partial charge on any atom is -0.468 e. The lowest BCUT2D eigenvalue weighted by Crippen LogP contribution is -2.50. The number of ether oxygens (including phenoxy) is 1. The highest BCUT2D eigenvalue weighted by Crippen LogP contribution is 2.26. The first kappa shape index (κ1) is 10.9. The topological polar surface area (TPSA) is 53.0 Å². The molecule has 0 spiro atoms. The van der Waals surface area contributed by atoms with Gasteiger partial charge in [0.25, 0.3) is 0 Å². The number of aliphatic hydroxyl groups is 1. The van der Waals surface area contributed by atoms with E-state index in [1.54, 1.807) is 0 Å². The van der Waals surface area contributed by atoms with Crippen LogP contribution in [0.1, 0.15) is 25.7 Å². The van der Waals surface area contributed by atoms with Gasteiger partial charge in [-0.25, -0.2) is 10.0 Å². The lowest BCUT2D eigenvalue weighted by Gasteiger charge is -2.33. The molecule has 5 heteroatoms. The first-order chi connectivity index (χ1) is 7.24. The number of rotatable bonds is 2. The van der Waals surface area contributed by atoms with Gasteiger partial charge in [-0.1, -0.05) is 0 Å². The van der Waals surface area contributed by atoms with Crippen LogP contribution in [0.5, 0.6) is 0 Å². The number of methoxy groups -OCH3 is 1. The van der Waals surface area contributed by atoms with E-state index in [0.29, 0.717) is 0 Å². The van der Waals surface area contributed by atoms with Crippen molar-refractivity contribution in [3.63, 3.8) is 0 Å². The molecule has 0 aromatic carbocycles. The maximum Gasteiger partial charge on any atom is 0.324 e. The van der Waals surface area contributed by atoms with Gasteiger partial charge in [0.1, 0.15) is 12.3 Å². The van der Waals surface area contributed by atoms with E-state index in [1.165, 1.54) is 7.11 Å². The molecule has 15 heavy (non-hydrogen) atoms. The molecule has 0 bridgehead atoms. The van der Waals surface area contributed by atoms with Crippen molar-refractivity contribution in [2.24, 2.45) is 0 Å². The van der Waals surface area contributed by atoms with Crippen molar-refractivity contribution in [1.29, 1.82) is 0 Å². The van der Waals surface area contributed by atoms with Crippen LogP contribution >= 0.6 is 0 Å². The van der Waals surface area contributed by atoms with Crippen LogP contribution in [0.2, 0.25) is 0 Å². The standard InChI is InChI=1S/C10H18N2O3/c1-15-10(14)8-4-2-6-11(8)12-7-3-5-9(12)13/h8-9,13H,2-7H2,1H3.